The number of anilines is 1. The summed E-state index contributed by atoms with van der Waals surface area (Å²) >= 11 is 1.35. The minimum Gasteiger partial charge on any atom is -0.383 e. The minimum absolute atomic E-state index is 0.0556. The van der Waals surface area contributed by atoms with Crippen LogP contribution in [0.1, 0.15) is 11.3 Å². The highest BCUT2D eigenvalue weighted by molar-refractivity contribution is 7.13. The van der Waals surface area contributed by atoms with E-state index in [1.165, 1.54) is 22.3 Å². The average molecular weight is 359 g/mol. The van der Waals surface area contributed by atoms with E-state index < -0.39 is 0 Å². The molecule has 132 valence electrons. The van der Waals surface area contributed by atoms with E-state index in [4.69, 9.17) is 4.74 Å². The maximum absolute atomic E-state index is 12.4. The summed E-state index contributed by atoms with van der Waals surface area (Å²) in [6, 6.07) is 9.52. The predicted octanol–water partition coefficient (Wildman–Crippen LogP) is 2.58. The molecule has 1 aromatic carbocycles. The fourth-order valence-electron chi connectivity index (χ4n) is 2.05. The number of methoxy groups -OCH3 is 1. The second-order valence-corrected chi connectivity index (χ2v) is 6.20. The zero-order valence-corrected chi connectivity index (χ0v) is 15.1. The number of amides is 2. The maximum atomic E-state index is 12.4. The van der Waals surface area contributed by atoms with Crippen molar-refractivity contribution in [2.75, 3.05) is 32.1 Å². The first-order valence-corrected chi connectivity index (χ1v) is 8.69. The number of aromatic nitrogens is 1. The Bertz CT molecular complexity index is 728. The highest BCUT2D eigenvalue weighted by Crippen LogP contribution is 2.14. The summed E-state index contributed by atoms with van der Waals surface area (Å²) in [6.45, 7) is 2.49. The molecule has 0 spiro atoms. The van der Waals surface area contributed by atoms with E-state index >= 15 is 0 Å². The van der Waals surface area contributed by atoms with Crippen molar-refractivity contribution in [3.63, 3.8) is 0 Å². The van der Waals surface area contributed by atoms with Crippen LogP contribution < -0.4 is 5.32 Å². The molecule has 0 saturated heterocycles. The number of ether oxygens (including phenoxy) is 1. The van der Waals surface area contributed by atoms with Crippen molar-refractivity contribution < 1.29 is 14.3 Å². The average Bonchev–Trinajstić information content (AvgIpc) is 3.02. The van der Waals surface area contributed by atoms with E-state index in [2.05, 4.69) is 10.3 Å². The van der Waals surface area contributed by atoms with Crippen LogP contribution in [0.5, 0.6) is 0 Å². The summed E-state index contributed by atoms with van der Waals surface area (Å²) in [5.41, 5.74) is 1.77. The second-order valence-electron chi connectivity index (χ2n) is 5.34. The van der Waals surface area contributed by atoms with E-state index in [0.29, 0.717) is 18.3 Å². The van der Waals surface area contributed by atoms with Crippen LogP contribution in [0.25, 0.3) is 6.08 Å². The molecule has 1 heterocycles. The van der Waals surface area contributed by atoms with Gasteiger partial charge in [-0.15, -0.1) is 11.3 Å². The molecule has 0 radical (unpaired) electrons. The van der Waals surface area contributed by atoms with Gasteiger partial charge in [-0.1, -0.05) is 30.3 Å². The standard InChI is InChI=1S/C18H21N3O3S/c1-14-13-25-18(19-14)20-16(22)12-21(10-11-24-2)17(23)9-8-15-6-4-3-5-7-15/h3-9,13H,10-12H2,1-2H3,(H,19,20,22)/b9-8+. The summed E-state index contributed by atoms with van der Waals surface area (Å²) in [7, 11) is 1.56. The van der Waals surface area contributed by atoms with Gasteiger partial charge < -0.3 is 15.0 Å². The van der Waals surface area contributed by atoms with Crippen molar-refractivity contribution in [1.29, 1.82) is 0 Å². The molecule has 0 atom stereocenters. The molecule has 0 unspecified atom stereocenters. The molecule has 0 aliphatic heterocycles. The van der Waals surface area contributed by atoms with Crippen LogP contribution in [0.3, 0.4) is 0 Å². The van der Waals surface area contributed by atoms with E-state index in [1.54, 1.807) is 13.2 Å². The van der Waals surface area contributed by atoms with Crippen LogP contribution in [0.4, 0.5) is 5.13 Å². The first-order valence-electron chi connectivity index (χ1n) is 7.81. The second kappa shape index (κ2) is 9.71. The molecule has 7 heteroatoms. The Morgan fingerprint density at radius 1 is 1.32 bits per heavy atom. The van der Waals surface area contributed by atoms with Crippen molar-refractivity contribution >= 4 is 34.4 Å². The van der Waals surface area contributed by atoms with Gasteiger partial charge in [-0.3, -0.25) is 9.59 Å². The number of benzene rings is 1. The van der Waals surface area contributed by atoms with Gasteiger partial charge >= 0.3 is 0 Å². The van der Waals surface area contributed by atoms with Crippen molar-refractivity contribution in [1.82, 2.24) is 9.88 Å². The third-order valence-electron chi connectivity index (χ3n) is 3.29. The molecular formula is C18H21N3O3S. The highest BCUT2D eigenvalue weighted by Gasteiger charge is 2.16. The van der Waals surface area contributed by atoms with Gasteiger partial charge in [-0.2, -0.15) is 0 Å². The number of carbonyl (C=O) groups excluding carboxylic acids is 2. The van der Waals surface area contributed by atoms with Gasteiger partial charge in [-0.25, -0.2) is 4.98 Å². The lowest BCUT2D eigenvalue weighted by Gasteiger charge is -2.20. The summed E-state index contributed by atoms with van der Waals surface area (Å²) in [5, 5.41) is 5.09. The van der Waals surface area contributed by atoms with Crippen LogP contribution >= 0.6 is 11.3 Å². The van der Waals surface area contributed by atoms with Crippen LogP contribution in [-0.4, -0.2) is 48.5 Å². The van der Waals surface area contributed by atoms with Crippen LogP contribution in [-0.2, 0) is 14.3 Å². The molecule has 25 heavy (non-hydrogen) atoms. The number of nitrogens with zero attached hydrogens (tertiary/aromatic N) is 2. The Balaban J connectivity index is 1.97. The number of nitrogens with one attached hydrogen (secondary N) is 1. The molecule has 6 nitrogen and oxygen atoms in total. The van der Waals surface area contributed by atoms with Gasteiger partial charge in [0.05, 0.1) is 12.3 Å². The molecule has 2 aromatic rings. The number of carbonyl (C=O) groups is 2. The van der Waals surface area contributed by atoms with Crippen LogP contribution in [0.2, 0.25) is 0 Å². The fraction of sp³-hybridized carbons (Fsp3) is 0.278. The van der Waals surface area contributed by atoms with Gasteiger partial charge in [-0.05, 0) is 18.6 Å². The number of rotatable bonds is 8. The molecule has 0 saturated carbocycles. The zero-order chi connectivity index (χ0) is 18.1. The Morgan fingerprint density at radius 3 is 2.72 bits per heavy atom. The minimum atomic E-state index is -0.285. The molecule has 2 amide bonds. The van der Waals surface area contributed by atoms with Crippen molar-refractivity contribution in [2.24, 2.45) is 0 Å². The molecule has 1 N–H and O–H groups in total. The molecule has 0 fully saturated rings. The molecule has 0 aliphatic rings. The lowest BCUT2D eigenvalue weighted by molar-refractivity contribution is -0.131. The van der Waals surface area contributed by atoms with E-state index in [-0.39, 0.29) is 18.4 Å². The van der Waals surface area contributed by atoms with Crippen molar-refractivity contribution in [2.45, 2.75) is 6.92 Å². The quantitative estimate of drug-likeness (QED) is 0.736. The van der Waals surface area contributed by atoms with Crippen LogP contribution in [0, 0.1) is 6.92 Å². The number of hydrogen-bond donors (Lipinski definition) is 1. The topological polar surface area (TPSA) is 71.5 Å². The molecule has 0 bridgehead atoms. The van der Waals surface area contributed by atoms with Crippen molar-refractivity contribution in [3.8, 4) is 0 Å². The van der Waals surface area contributed by atoms with E-state index in [9.17, 15) is 9.59 Å². The Kier molecular flexibility index (Phi) is 7.31. The number of thiazole rings is 1. The Morgan fingerprint density at radius 2 is 2.08 bits per heavy atom. The summed E-state index contributed by atoms with van der Waals surface area (Å²) < 4.78 is 5.03. The summed E-state index contributed by atoms with van der Waals surface area (Å²) in [5.74, 6) is -0.529. The smallest absolute Gasteiger partial charge is 0.247 e. The Labute approximate surface area is 151 Å². The maximum Gasteiger partial charge on any atom is 0.247 e. The molecule has 0 aliphatic carbocycles. The SMILES string of the molecule is COCCN(CC(=O)Nc1nc(C)cs1)C(=O)/C=C/c1ccccc1. The van der Waals surface area contributed by atoms with Crippen LogP contribution in [0.15, 0.2) is 41.8 Å². The normalized spacial score (nSPS) is 10.8. The molecular weight excluding hydrogens is 338 g/mol. The first-order chi connectivity index (χ1) is 12.1. The molecule has 1 aromatic heterocycles. The third-order valence-corrected chi connectivity index (χ3v) is 4.17. The lowest BCUT2D eigenvalue weighted by atomic mass is 10.2. The van der Waals surface area contributed by atoms with Gasteiger partial charge in [0.25, 0.3) is 0 Å². The summed E-state index contributed by atoms with van der Waals surface area (Å²) in [6.07, 6.45) is 3.19. The molecule has 2 rings (SSSR count). The van der Waals surface area contributed by atoms with Gasteiger partial charge in [0.2, 0.25) is 11.8 Å². The van der Waals surface area contributed by atoms with E-state index in [1.807, 2.05) is 42.6 Å². The summed E-state index contributed by atoms with van der Waals surface area (Å²) in [4.78, 5) is 30.2. The first kappa shape index (κ1) is 18.8. The number of hydrogen-bond acceptors (Lipinski definition) is 5. The predicted molar refractivity (Wildman–Crippen MR) is 99.4 cm³/mol. The van der Waals surface area contributed by atoms with Gasteiger partial charge in [0.1, 0.15) is 6.54 Å². The Hall–Kier alpha value is -2.51. The fourth-order valence-corrected chi connectivity index (χ4v) is 2.75. The van der Waals surface area contributed by atoms with E-state index in [0.717, 1.165) is 11.3 Å². The monoisotopic (exact) mass is 359 g/mol. The van der Waals surface area contributed by atoms with Crippen molar-refractivity contribution in [3.05, 3.63) is 53.0 Å². The van der Waals surface area contributed by atoms with Gasteiger partial charge in [0, 0.05) is 25.1 Å². The largest absolute Gasteiger partial charge is 0.383 e. The lowest BCUT2D eigenvalue weighted by Crippen LogP contribution is -2.39. The van der Waals surface area contributed by atoms with Gasteiger partial charge in [0.15, 0.2) is 5.13 Å². The zero-order valence-electron chi connectivity index (χ0n) is 14.3. The number of aryl methyl sites for hydroxylation is 1. The third kappa shape index (κ3) is 6.48. The highest BCUT2D eigenvalue weighted by atomic mass is 32.1.